The highest BCUT2D eigenvalue weighted by Gasteiger charge is 2.31. The first-order valence-electron chi connectivity index (χ1n) is 11.9. The lowest BCUT2D eigenvalue weighted by molar-refractivity contribution is 0.0556. The first-order valence-corrected chi connectivity index (χ1v) is 13.9. The molecule has 0 aromatic heterocycles. The molecule has 1 aliphatic heterocycles. The molecule has 35 heavy (non-hydrogen) atoms. The number of amides is 1. The maximum atomic E-state index is 14.7. The third kappa shape index (κ3) is 6.63. The van der Waals surface area contributed by atoms with Crippen molar-refractivity contribution < 1.29 is 18.7 Å². The van der Waals surface area contributed by atoms with Crippen LogP contribution in [0.1, 0.15) is 59.1 Å². The molecule has 0 spiro atoms. The predicted molar refractivity (Wildman–Crippen MR) is 140 cm³/mol. The molecule has 4 rings (SSSR count). The van der Waals surface area contributed by atoms with Crippen molar-refractivity contribution in [2.75, 3.05) is 39.7 Å². The van der Waals surface area contributed by atoms with Gasteiger partial charge in [-0.25, -0.2) is 4.39 Å². The summed E-state index contributed by atoms with van der Waals surface area (Å²) in [6, 6.07) is 8.91. The molecular weight excluding hydrogens is 510 g/mol. The van der Waals surface area contributed by atoms with Crippen molar-refractivity contribution in [3.05, 3.63) is 62.9 Å². The summed E-state index contributed by atoms with van der Waals surface area (Å²) in [5.74, 6) is 0.325. The molecular formula is C26H31Cl2FN2O3S. The van der Waals surface area contributed by atoms with E-state index in [4.69, 9.17) is 32.7 Å². The Bertz CT molecular complexity index is 1050. The molecule has 5 nitrogen and oxygen atoms in total. The van der Waals surface area contributed by atoms with Gasteiger partial charge in [-0.15, -0.1) is 0 Å². The van der Waals surface area contributed by atoms with Crippen molar-refractivity contribution in [2.45, 2.75) is 37.6 Å². The van der Waals surface area contributed by atoms with Crippen LogP contribution in [0.3, 0.4) is 0 Å². The highest BCUT2D eigenvalue weighted by atomic mass is 35.5. The van der Waals surface area contributed by atoms with E-state index in [1.807, 2.05) is 18.2 Å². The van der Waals surface area contributed by atoms with Crippen LogP contribution >= 0.6 is 35.1 Å². The average molecular weight is 542 g/mol. The monoisotopic (exact) mass is 540 g/mol. The summed E-state index contributed by atoms with van der Waals surface area (Å²) in [4.78, 5) is 14.6. The zero-order valence-electron chi connectivity index (χ0n) is 20.0. The third-order valence-electron chi connectivity index (χ3n) is 6.77. The second-order valence-corrected chi connectivity index (χ2v) is 10.6. The van der Waals surface area contributed by atoms with Gasteiger partial charge in [0.05, 0.1) is 34.9 Å². The van der Waals surface area contributed by atoms with Crippen molar-refractivity contribution in [3.63, 3.8) is 0 Å². The van der Waals surface area contributed by atoms with Gasteiger partial charge < -0.3 is 9.47 Å². The number of rotatable bonds is 10. The van der Waals surface area contributed by atoms with E-state index < -0.39 is 11.7 Å². The summed E-state index contributed by atoms with van der Waals surface area (Å²) in [5.41, 5.74) is 2.11. The van der Waals surface area contributed by atoms with Crippen LogP contribution in [0, 0.1) is 11.7 Å². The second kappa shape index (κ2) is 12.2. The molecule has 1 saturated carbocycles. The number of hydrogen-bond donors (Lipinski definition) is 1. The number of likely N-dealkylation sites (tertiary alicyclic amines) is 1. The standard InChI is InChI=1S/C26H31Cl2FN2O3S/c1-33-15-24(18-5-6-21(27)22(28)11-18)31-9-7-16(8-10-31)14-34-25-13-23(29)20(26(32)30-35-2)12-19(25)17-3-4-17/h5-6,11-13,16-17,24H,3-4,7-10,14-15H2,1-2H3,(H,30,32). The highest BCUT2D eigenvalue weighted by molar-refractivity contribution is 7.97. The largest absolute Gasteiger partial charge is 0.493 e. The van der Waals surface area contributed by atoms with Crippen LogP contribution in [0.25, 0.3) is 0 Å². The van der Waals surface area contributed by atoms with E-state index in [2.05, 4.69) is 9.62 Å². The lowest BCUT2D eigenvalue weighted by Gasteiger charge is -2.37. The van der Waals surface area contributed by atoms with Crippen LogP contribution in [0.4, 0.5) is 4.39 Å². The SMILES string of the molecule is COCC(c1ccc(Cl)c(Cl)c1)N1CCC(COc2cc(F)c(C(=O)NSC)cc2C2CC2)CC1. The van der Waals surface area contributed by atoms with Crippen molar-refractivity contribution in [1.82, 2.24) is 9.62 Å². The Morgan fingerprint density at radius 1 is 1.17 bits per heavy atom. The minimum absolute atomic E-state index is 0.0772. The predicted octanol–water partition coefficient (Wildman–Crippen LogP) is 6.50. The van der Waals surface area contributed by atoms with Crippen molar-refractivity contribution in [2.24, 2.45) is 5.92 Å². The number of hydrogen-bond acceptors (Lipinski definition) is 5. The van der Waals surface area contributed by atoms with E-state index in [1.54, 1.807) is 19.4 Å². The highest BCUT2D eigenvalue weighted by Crippen LogP contribution is 2.45. The van der Waals surface area contributed by atoms with Gasteiger partial charge in [-0.1, -0.05) is 41.2 Å². The first-order chi connectivity index (χ1) is 16.9. The van der Waals surface area contributed by atoms with Crippen molar-refractivity contribution in [3.8, 4) is 5.75 Å². The van der Waals surface area contributed by atoms with Crippen LogP contribution in [0.5, 0.6) is 5.75 Å². The molecule has 1 atom stereocenters. The molecule has 0 bridgehead atoms. The van der Waals surface area contributed by atoms with Crippen LogP contribution in [0.15, 0.2) is 30.3 Å². The normalized spacial score (nSPS) is 17.9. The molecule has 1 amide bonds. The molecule has 1 unspecified atom stereocenters. The van der Waals surface area contributed by atoms with Gasteiger partial charge in [0.25, 0.3) is 5.91 Å². The number of nitrogens with zero attached hydrogens (tertiary/aromatic N) is 1. The zero-order valence-corrected chi connectivity index (χ0v) is 22.3. The minimum atomic E-state index is -0.546. The average Bonchev–Trinajstić information content (AvgIpc) is 3.69. The lowest BCUT2D eigenvalue weighted by atomic mass is 9.95. The molecule has 190 valence electrons. The molecule has 2 aromatic rings. The van der Waals surface area contributed by atoms with E-state index >= 15 is 0 Å². The quantitative estimate of drug-likeness (QED) is 0.348. The van der Waals surface area contributed by atoms with Gasteiger partial charge in [0.2, 0.25) is 0 Å². The fourth-order valence-corrected chi connectivity index (χ4v) is 5.26. The van der Waals surface area contributed by atoms with Gasteiger partial charge in [0.15, 0.2) is 0 Å². The third-order valence-corrected chi connectivity index (χ3v) is 7.90. The Morgan fingerprint density at radius 2 is 1.91 bits per heavy atom. The zero-order chi connectivity index (χ0) is 24.9. The Morgan fingerprint density at radius 3 is 2.54 bits per heavy atom. The molecule has 1 aliphatic carbocycles. The summed E-state index contributed by atoms with van der Waals surface area (Å²) in [6.45, 7) is 2.91. The Kier molecular flexibility index (Phi) is 9.22. The van der Waals surface area contributed by atoms with E-state index in [9.17, 15) is 9.18 Å². The molecule has 2 fully saturated rings. The maximum absolute atomic E-state index is 14.7. The summed E-state index contributed by atoms with van der Waals surface area (Å²) in [5, 5.41) is 1.09. The summed E-state index contributed by atoms with van der Waals surface area (Å²) in [7, 11) is 1.71. The molecule has 9 heteroatoms. The maximum Gasteiger partial charge on any atom is 0.264 e. The number of carbonyl (C=O) groups is 1. The number of ether oxygens (including phenoxy) is 2. The van der Waals surface area contributed by atoms with E-state index in [0.29, 0.717) is 40.8 Å². The number of halogens is 3. The Labute approximate surface area is 220 Å². The minimum Gasteiger partial charge on any atom is -0.493 e. The fourth-order valence-electron chi connectivity index (χ4n) is 4.66. The lowest BCUT2D eigenvalue weighted by Crippen LogP contribution is -2.39. The Balaban J connectivity index is 1.38. The number of methoxy groups -OCH3 is 1. The van der Waals surface area contributed by atoms with Crippen LogP contribution in [0.2, 0.25) is 10.0 Å². The smallest absolute Gasteiger partial charge is 0.264 e. The molecule has 1 N–H and O–H groups in total. The van der Waals surface area contributed by atoms with Crippen molar-refractivity contribution in [1.29, 1.82) is 0 Å². The topological polar surface area (TPSA) is 50.8 Å². The van der Waals surface area contributed by atoms with Gasteiger partial charge in [0.1, 0.15) is 11.6 Å². The summed E-state index contributed by atoms with van der Waals surface area (Å²) < 4.78 is 29.0. The van der Waals surface area contributed by atoms with Gasteiger partial charge in [-0.3, -0.25) is 14.4 Å². The number of carbonyl (C=O) groups excluding carboxylic acids is 1. The van der Waals surface area contributed by atoms with Crippen molar-refractivity contribution >= 4 is 41.1 Å². The van der Waals surface area contributed by atoms with Crippen LogP contribution in [-0.4, -0.2) is 50.5 Å². The first kappa shape index (κ1) is 26.6. The van der Waals surface area contributed by atoms with Crippen LogP contribution < -0.4 is 9.46 Å². The Hall–Kier alpha value is -1.51. The molecule has 1 heterocycles. The fraction of sp³-hybridized carbons (Fsp3) is 0.500. The summed E-state index contributed by atoms with van der Waals surface area (Å²) in [6.07, 6.45) is 5.76. The van der Waals surface area contributed by atoms with Crippen LogP contribution in [-0.2, 0) is 4.74 Å². The molecule has 2 aromatic carbocycles. The second-order valence-electron chi connectivity index (χ2n) is 9.21. The number of benzene rings is 2. The van der Waals surface area contributed by atoms with E-state index in [1.165, 1.54) is 6.07 Å². The van der Waals surface area contributed by atoms with E-state index in [-0.39, 0.29) is 11.6 Å². The van der Waals surface area contributed by atoms with Gasteiger partial charge in [0, 0.05) is 19.4 Å². The van der Waals surface area contributed by atoms with Gasteiger partial charge in [-0.05, 0) is 79.9 Å². The molecule has 2 aliphatic rings. The van der Waals surface area contributed by atoms with Gasteiger partial charge >= 0.3 is 0 Å². The summed E-state index contributed by atoms with van der Waals surface area (Å²) >= 11 is 13.5. The number of nitrogens with one attached hydrogen (secondary N) is 1. The molecule has 0 radical (unpaired) electrons. The van der Waals surface area contributed by atoms with Gasteiger partial charge in [-0.2, -0.15) is 0 Å². The van der Waals surface area contributed by atoms with E-state index in [0.717, 1.165) is 61.8 Å². The number of piperidine rings is 1. The molecule has 1 saturated heterocycles.